The molecule has 0 bridgehead atoms. The molecule has 39 heavy (non-hydrogen) atoms. The van der Waals surface area contributed by atoms with Crippen molar-refractivity contribution in [2.24, 2.45) is 7.05 Å². The number of aryl methyl sites for hydroxylation is 1. The predicted molar refractivity (Wildman–Crippen MR) is 152 cm³/mol. The van der Waals surface area contributed by atoms with Crippen LogP contribution in [0.4, 0.5) is 11.4 Å². The molecule has 1 aromatic heterocycles. The standard InChI is InChI=1S/C31H33N5O3/c1-31(2,3)39-29(37)11-8-18-36(25-9-6-5-7-10-25)30(38)23-14-17-27-26(19-23)34-28(35(27)4)21-33-24-15-12-22(20-32)13-16-24/h5-7,9-10,12-17,19,33H,8,11,18,21H2,1-4H3. The number of carbonyl (C=O) groups excluding carboxylic acids is 2. The molecule has 0 aliphatic carbocycles. The molecule has 8 heteroatoms. The van der Waals surface area contributed by atoms with Crippen LogP contribution in [-0.2, 0) is 23.1 Å². The number of esters is 1. The summed E-state index contributed by atoms with van der Waals surface area (Å²) in [5.41, 5.74) is 3.88. The molecule has 3 aromatic carbocycles. The number of amides is 1. The minimum Gasteiger partial charge on any atom is -0.460 e. The predicted octanol–water partition coefficient (Wildman–Crippen LogP) is 5.83. The zero-order valence-corrected chi connectivity index (χ0v) is 22.8. The van der Waals surface area contributed by atoms with Gasteiger partial charge in [0.1, 0.15) is 11.4 Å². The first-order chi connectivity index (χ1) is 18.6. The van der Waals surface area contributed by atoms with Crippen LogP contribution in [0.1, 0.15) is 55.4 Å². The van der Waals surface area contributed by atoms with Gasteiger partial charge >= 0.3 is 5.97 Å². The van der Waals surface area contributed by atoms with Gasteiger partial charge in [0.15, 0.2) is 0 Å². The third kappa shape index (κ3) is 7.02. The van der Waals surface area contributed by atoms with Gasteiger partial charge in [-0.1, -0.05) is 18.2 Å². The Bertz CT molecular complexity index is 1500. The van der Waals surface area contributed by atoms with Crippen LogP contribution >= 0.6 is 0 Å². The summed E-state index contributed by atoms with van der Waals surface area (Å²) in [6, 6.07) is 24.3. The Kier molecular flexibility index (Phi) is 8.30. The van der Waals surface area contributed by atoms with E-state index >= 15 is 0 Å². The molecule has 200 valence electrons. The zero-order chi connectivity index (χ0) is 28.0. The van der Waals surface area contributed by atoms with Crippen LogP contribution in [0.25, 0.3) is 11.0 Å². The molecule has 1 N–H and O–H groups in total. The van der Waals surface area contributed by atoms with Gasteiger partial charge in [-0.05, 0) is 81.8 Å². The number of nitrogens with one attached hydrogen (secondary N) is 1. The van der Waals surface area contributed by atoms with Crippen LogP contribution in [0.3, 0.4) is 0 Å². The highest BCUT2D eigenvalue weighted by molar-refractivity contribution is 6.07. The second kappa shape index (κ2) is 11.8. The molecule has 0 saturated carbocycles. The van der Waals surface area contributed by atoms with Gasteiger partial charge in [-0.3, -0.25) is 9.59 Å². The van der Waals surface area contributed by atoms with Crippen molar-refractivity contribution in [3.8, 4) is 6.07 Å². The number of anilines is 2. The summed E-state index contributed by atoms with van der Waals surface area (Å²) in [6.45, 7) is 6.39. The molecule has 0 saturated heterocycles. The van der Waals surface area contributed by atoms with Gasteiger partial charge in [0.05, 0.1) is 29.2 Å². The molecule has 8 nitrogen and oxygen atoms in total. The number of aromatic nitrogens is 2. The van der Waals surface area contributed by atoms with E-state index < -0.39 is 5.60 Å². The Morgan fingerprint density at radius 1 is 1.05 bits per heavy atom. The Morgan fingerprint density at radius 2 is 1.77 bits per heavy atom. The lowest BCUT2D eigenvalue weighted by Crippen LogP contribution is -2.32. The Morgan fingerprint density at radius 3 is 2.44 bits per heavy atom. The second-order valence-electron chi connectivity index (χ2n) is 10.3. The molecule has 4 rings (SSSR count). The van der Waals surface area contributed by atoms with Crippen LogP contribution < -0.4 is 10.2 Å². The number of imidazole rings is 1. The molecule has 0 aliphatic heterocycles. The highest BCUT2D eigenvalue weighted by atomic mass is 16.6. The number of hydrogen-bond acceptors (Lipinski definition) is 6. The molecule has 1 heterocycles. The van der Waals surface area contributed by atoms with E-state index in [1.165, 1.54) is 0 Å². The van der Waals surface area contributed by atoms with E-state index in [-0.39, 0.29) is 18.3 Å². The molecule has 1 amide bonds. The normalized spacial score (nSPS) is 11.2. The first-order valence-corrected chi connectivity index (χ1v) is 12.9. The lowest BCUT2D eigenvalue weighted by Gasteiger charge is -2.24. The Labute approximate surface area is 228 Å². The summed E-state index contributed by atoms with van der Waals surface area (Å²) in [6.07, 6.45) is 0.704. The molecule has 0 atom stereocenters. The molecule has 0 fully saturated rings. The summed E-state index contributed by atoms with van der Waals surface area (Å²) in [7, 11) is 1.94. The minimum atomic E-state index is -0.541. The molecule has 0 aliphatic rings. The van der Waals surface area contributed by atoms with Crippen molar-refractivity contribution < 1.29 is 14.3 Å². The minimum absolute atomic E-state index is 0.157. The summed E-state index contributed by atoms with van der Waals surface area (Å²) in [5, 5.41) is 12.3. The van der Waals surface area contributed by atoms with Crippen molar-refractivity contribution in [1.82, 2.24) is 9.55 Å². The first-order valence-electron chi connectivity index (χ1n) is 12.9. The molecular weight excluding hydrogens is 490 g/mol. The van der Waals surface area contributed by atoms with Crippen molar-refractivity contribution in [1.29, 1.82) is 5.26 Å². The van der Waals surface area contributed by atoms with Crippen molar-refractivity contribution in [3.05, 3.63) is 89.7 Å². The summed E-state index contributed by atoms with van der Waals surface area (Å²) in [4.78, 5) is 32.4. The van der Waals surface area contributed by atoms with Gasteiger partial charge in [0.2, 0.25) is 0 Å². The third-order valence-corrected chi connectivity index (χ3v) is 6.18. The maximum Gasteiger partial charge on any atom is 0.306 e. The van der Waals surface area contributed by atoms with Crippen LogP contribution in [0.2, 0.25) is 0 Å². The number of benzene rings is 3. The van der Waals surface area contributed by atoms with E-state index in [9.17, 15) is 9.59 Å². The van der Waals surface area contributed by atoms with Crippen molar-refractivity contribution in [2.45, 2.75) is 45.8 Å². The van der Waals surface area contributed by atoms with Crippen molar-refractivity contribution in [2.75, 3.05) is 16.8 Å². The number of nitrogens with zero attached hydrogens (tertiary/aromatic N) is 4. The number of nitriles is 1. The highest BCUT2D eigenvalue weighted by Gasteiger charge is 2.21. The fraction of sp³-hybridized carbons (Fsp3) is 0.290. The fourth-order valence-corrected chi connectivity index (χ4v) is 4.27. The SMILES string of the molecule is Cn1c(CNc2ccc(C#N)cc2)nc2cc(C(=O)N(CCCC(=O)OC(C)(C)C)c3ccccc3)ccc21. The first kappa shape index (κ1) is 27.4. The summed E-state index contributed by atoms with van der Waals surface area (Å²) in [5.74, 6) is 0.381. The van der Waals surface area contributed by atoms with E-state index in [0.29, 0.717) is 30.6 Å². The highest BCUT2D eigenvalue weighted by Crippen LogP contribution is 2.22. The number of ether oxygens (including phenoxy) is 1. The van der Waals surface area contributed by atoms with Crippen molar-refractivity contribution >= 4 is 34.3 Å². The van der Waals surface area contributed by atoms with E-state index in [2.05, 4.69) is 11.4 Å². The molecule has 0 unspecified atom stereocenters. The number of fused-ring (bicyclic) bond motifs is 1. The lowest BCUT2D eigenvalue weighted by atomic mass is 10.1. The third-order valence-electron chi connectivity index (χ3n) is 6.18. The Balaban J connectivity index is 1.51. The number of hydrogen-bond donors (Lipinski definition) is 1. The number of para-hydroxylation sites is 1. The van der Waals surface area contributed by atoms with Gasteiger partial charge in [0.25, 0.3) is 5.91 Å². The Hall–Kier alpha value is -4.64. The topological polar surface area (TPSA) is 100 Å². The number of rotatable bonds is 9. The van der Waals surface area contributed by atoms with Gasteiger partial charge < -0.3 is 19.5 Å². The van der Waals surface area contributed by atoms with E-state index in [0.717, 1.165) is 28.2 Å². The molecule has 4 aromatic rings. The van der Waals surface area contributed by atoms with E-state index in [1.54, 1.807) is 17.0 Å². The van der Waals surface area contributed by atoms with Crippen LogP contribution in [-0.4, -0.2) is 33.6 Å². The van der Waals surface area contributed by atoms with Gasteiger partial charge in [0, 0.05) is 37.0 Å². The summed E-state index contributed by atoms with van der Waals surface area (Å²) < 4.78 is 7.42. The van der Waals surface area contributed by atoms with Crippen molar-refractivity contribution in [3.63, 3.8) is 0 Å². The summed E-state index contributed by atoms with van der Waals surface area (Å²) >= 11 is 0. The quantitative estimate of drug-likeness (QED) is 0.277. The molecule has 0 radical (unpaired) electrons. The molecular formula is C31H33N5O3. The van der Waals surface area contributed by atoms with E-state index in [4.69, 9.17) is 15.0 Å². The average Bonchev–Trinajstić information content (AvgIpc) is 3.24. The van der Waals surface area contributed by atoms with Crippen LogP contribution in [0.5, 0.6) is 0 Å². The van der Waals surface area contributed by atoms with Crippen LogP contribution in [0, 0.1) is 11.3 Å². The van der Waals surface area contributed by atoms with Gasteiger partial charge in [-0.25, -0.2) is 4.98 Å². The smallest absolute Gasteiger partial charge is 0.306 e. The average molecular weight is 524 g/mol. The number of carbonyl (C=O) groups is 2. The van der Waals surface area contributed by atoms with Crippen LogP contribution in [0.15, 0.2) is 72.8 Å². The lowest BCUT2D eigenvalue weighted by molar-refractivity contribution is -0.154. The second-order valence-corrected chi connectivity index (χ2v) is 10.3. The largest absolute Gasteiger partial charge is 0.460 e. The monoisotopic (exact) mass is 523 g/mol. The van der Waals surface area contributed by atoms with E-state index in [1.807, 2.05) is 93.0 Å². The van der Waals surface area contributed by atoms with Gasteiger partial charge in [-0.15, -0.1) is 0 Å². The van der Waals surface area contributed by atoms with Gasteiger partial charge in [-0.2, -0.15) is 5.26 Å². The zero-order valence-electron chi connectivity index (χ0n) is 22.8. The molecule has 0 spiro atoms. The fourth-order valence-electron chi connectivity index (χ4n) is 4.27. The maximum absolute atomic E-state index is 13.7. The maximum atomic E-state index is 13.7.